The zero-order valence-electron chi connectivity index (χ0n) is 29.3. The first-order valence-corrected chi connectivity index (χ1v) is 17.3. The van der Waals surface area contributed by atoms with Gasteiger partial charge in [-0.05, 0) is 67.3 Å². The summed E-state index contributed by atoms with van der Waals surface area (Å²) in [7, 11) is 0. The number of nitrogens with two attached hydrogens (primary N) is 1. The van der Waals surface area contributed by atoms with Gasteiger partial charge in [0.05, 0.1) is 0 Å². The number of carbonyl (C=O) groups excluding carboxylic acids is 4. The highest BCUT2D eigenvalue weighted by Gasteiger charge is 2.33. The van der Waals surface area contributed by atoms with Crippen LogP contribution in [0.3, 0.4) is 0 Å². The molecule has 2 aromatic rings. The van der Waals surface area contributed by atoms with E-state index in [9.17, 15) is 58.8 Å². The van der Waals surface area contributed by atoms with Crippen LogP contribution in [0.2, 0.25) is 0 Å². The molecule has 4 amide bonds. The van der Waals surface area contributed by atoms with Crippen molar-refractivity contribution >= 4 is 47.7 Å². The van der Waals surface area contributed by atoms with Gasteiger partial charge in [0.1, 0.15) is 30.8 Å². The summed E-state index contributed by atoms with van der Waals surface area (Å²) in [4.78, 5) is 99.0. The monoisotopic (exact) mass is 755 g/mol. The molecule has 0 bridgehead atoms. The van der Waals surface area contributed by atoms with Crippen LogP contribution >= 0.6 is 0 Å². The van der Waals surface area contributed by atoms with E-state index in [0.717, 1.165) is 22.3 Å². The van der Waals surface area contributed by atoms with Gasteiger partial charge in [-0.15, -0.1) is 0 Å². The third-order valence-corrected chi connectivity index (χ3v) is 8.72. The summed E-state index contributed by atoms with van der Waals surface area (Å²) in [5.41, 5.74) is 9.22. The quantitative estimate of drug-likeness (QED) is 0.0720. The van der Waals surface area contributed by atoms with Crippen molar-refractivity contribution in [2.45, 2.75) is 87.9 Å². The lowest BCUT2D eigenvalue weighted by Crippen LogP contribution is -2.58. The van der Waals surface area contributed by atoms with Crippen LogP contribution in [0.15, 0.2) is 48.5 Å². The summed E-state index contributed by atoms with van der Waals surface area (Å²) in [6.45, 7) is 0.145. The molecule has 0 spiro atoms. The molecule has 54 heavy (non-hydrogen) atoms. The lowest BCUT2D eigenvalue weighted by molar-refractivity contribution is -0.143. The maximum atomic E-state index is 13.5. The second kappa shape index (κ2) is 20.9. The molecular formula is C36H45N5O13. The standard InChI is InChI=1S/C36H45N5O13/c37-18-6-5-11-28(35(51)52)40-33(49)26(13-16-30(44)45)38-32(48)25(12-15-29(42)43)39-34(50)27(14-17-31(46)47)41-36(53)54-19-24-22-9-3-1-7-20(22)21-8-2-4-10-23(21)24/h1-4,7-10,24-28H,5-6,11-19,37H2,(H,38,48)(H,39,50)(H,40,49)(H,41,53)(H,42,43)(H,44,45)(H,46,47)(H,51,52)/t25-,26-,27-,28-/m1/s1. The van der Waals surface area contributed by atoms with Crippen molar-refractivity contribution in [3.63, 3.8) is 0 Å². The summed E-state index contributed by atoms with van der Waals surface area (Å²) >= 11 is 0. The third-order valence-electron chi connectivity index (χ3n) is 8.72. The zero-order chi connectivity index (χ0) is 39.8. The van der Waals surface area contributed by atoms with Crippen LogP contribution in [0.1, 0.15) is 74.8 Å². The normalized spacial score (nSPS) is 13.9. The van der Waals surface area contributed by atoms with E-state index in [-0.39, 0.29) is 25.5 Å². The largest absolute Gasteiger partial charge is 0.481 e. The van der Waals surface area contributed by atoms with Gasteiger partial charge < -0.3 is 52.2 Å². The van der Waals surface area contributed by atoms with E-state index in [1.165, 1.54) is 0 Å². The van der Waals surface area contributed by atoms with Gasteiger partial charge in [0.2, 0.25) is 17.7 Å². The van der Waals surface area contributed by atoms with E-state index in [1.54, 1.807) is 0 Å². The fraction of sp³-hybridized carbons (Fsp3) is 0.444. The van der Waals surface area contributed by atoms with Crippen molar-refractivity contribution in [1.29, 1.82) is 0 Å². The Morgan fingerprint density at radius 3 is 1.39 bits per heavy atom. The Morgan fingerprint density at radius 2 is 0.981 bits per heavy atom. The number of benzene rings is 2. The fourth-order valence-corrected chi connectivity index (χ4v) is 5.96. The number of rotatable bonds is 23. The third kappa shape index (κ3) is 12.9. The minimum atomic E-state index is -1.68. The van der Waals surface area contributed by atoms with Gasteiger partial charge in [0, 0.05) is 25.2 Å². The highest BCUT2D eigenvalue weighted by Crippen LogP contribution is 2.44. The molecule has 3 rings (SSSR count). The molecule has 0 fully saturated rings. The van der Waals surface area contributed by atoms with E-state index in [1.807, 2.05) is 48.5 Å². The number of hydrogen-bond donors (Lipinski definition) is 9. The number of fused-ring (bicyclic) bond motifs is 3. The Labute approximate surface area is 309 Å². The highest BCUT2D eigenvalue weighted by atomic mass is 16.5. The molecule has 0 saturated carbocycles. The molecule has 1 aliphatic carbocycles. The molecule has 2 aromatic carbocycles. The van der Waals surface area contributed by atoms with E-state index in [2.05, 4.69) is 21.3 Å². The van der Waals surface area contributed by atoms with Crippen LogP contribution in [-0.2, 0) is 38.3 Å². The van der Waals surface area contributed by atoms with Crippen LogP contribution in [0.25, 0.3) is 11.1 Å². The van der Waals surface area contributed by atoms with E-state index >= 15 is 0 Å². The predicted octanol–water partition coefficient (Wildman–Crippen LogP) is 1.16. The maximum absolute atomic E-state index is 13.5. The van der Waals surface area contributed by atoms with E-state index in [0.29, 0.717) is 12.8 Å². The summed E-state index contributed by atoms with van der Waals surface area (Å²) in [5, 5.41) is 46.5. The molecular weight excluding hydrogens is 710 g/mol. The molecule has 0 aliphatic heterocycles. The Balaban J connectivity index is 1.75. The average Bonchev–Trinajstić information content (AvgIpc) is 3.45. The average molecular weight is 756 g/mol. The Hall–Kier alpha value is -6.04. The first kappa shape index (κ1) is 42.4. The first-order chi connectivity index (χ1) is 25.7. The summed E-state index contributed by atoms with van der Waals surface area (Å²) < 4.78 is 5.49. The van der Waals surface area contributed by atoms with Gasteiger partial charge in [-0.1, -0.05) is 48.5 Å². The number of aliphatic carboxylic acids is 4. The minimum absolute atomic E-state index is 0.0103. The van der Waals surface area contributed by atoms with Crippen molar-refractivity contribution in [2.75, 3.05) is 13.2 Å². The molecule has 0 aromatic heterocycles. The van der Waals surface area contributed by atoms with Gasteiger partial charge in [0.15, 0.2) is 0 Å². The topological polar surface area (TPSA) is 301 Å². The predicted molar refractivity (Wildman–Crippen MR) is 189 cm³/mol. The van der Waals surface area contributed by atoms with Gasteiger partial charge in [0.25, 0.3) is 0 Å². The van der Waals surface area contributed by atoms with Crippen LogP contribution in [-0.4, -0.2) is 105 Å². The van der Waals surface area contributed by atoms with Crippen molar-refractivity contribution in [2.24, 2.45) is 5.73 Å². The number of carboxylic acids is 4. The number of hydrogen-bond acceptors (Lipinski definition) is 10. The van der Waals surface area contributed by atoms with Crippen LogP contribution < -0.4 is 27.0 Å². The number of alkyl carbamates (subject to hydrolysis) is 1. The molecule has 292 valence electrons. The molecule has 0 unspecified atom stereocenters. The number of unbranched alkanes of at least 4 members (excludes halogenated alkanes) is 1. The fourth-order valence-electron chi connectivity index (χ4n) is 5.96. The smallest absolute Gasteiger partial charge is 0.407 e. The molecule has 4 atom stereocenters. The van der Waals surface area contributed by atoms with Gasteiger partial charge in [-0.2, -0.15) is 0 Å². The SMILES string of the molecule is NCCCC[C@@H](NC(=O)[C@@H](CCC(=O)O)NC(=O)[C@@H](CCC(=O)O)NC(=O)[C@@H](CCC(=O)O)NC(=O)OCC1c2ccccc2-c2ccccc21)C(=O)O. The van der Waals surface area contributed by atoms with Crippen LogP contribution in [0.4, 0.5) is 4.79 Å². The Morgan fingerprint density at radius 1 is 0.574 bits per heavy atom. The van der Waals surface area contributed by atoms with Crippen molar-refractivity contribution in [3.8, 4) is 11.1 Å². The second-order valence-corrected chi connectivity index (χ2v) is 12.6. The number of carbonyl (C=O) groups is 8. The first-order valence-electron chi connectivity index (χ1n) is 17.3. The van der Waals surface area contributed by atoms with Gasteiger partial charge in [-0.3, -0.25) is 28.8 Å². The molecule has 18 heteroatoms. The number of ether oxygens (including phenoxy) is 1. The van der Waals surface area contributed by atoms with Crippen molar-refractivity contribution < 1.29 is 63.5 Å². The number of carboxylic acid groups (broad SMARTS) is 4. The van der Waals surface area contributed by atoms with Crippen molar-refractivity contribution in [1.82, 2.24) is 21.3 Å². The van der Waals surface area contributed by atoms with Crippen LogP contribution in [0, 0.1) is 0 Å². The Kier molecular flexibility index (Phi) is 16.4. The second-order valence-electron chi connectivity index (χ2n) is 12.6. The highest BCUT2D eigenvalue weighted by molar-refractivity contribution is 5.95. The lowest BCUT2D eigenvalue weighted by atomic mass is 9.98. The van der Waals surface area contributed by atoms with E-state index in [4.69, 9.17) is 10.5 Å². The lowest BCUT2D eigenvalue weighted by Gasteiger charge is -2.26. The van der Waals surface area contributed by atoms with Crippen LogP contribution in [0.5, 0.6) is 0 Å². The molecule has 0 saturated heterocycles. The Bertz CT molecular complexity index is 1650. The molecule has 0 heterocycles. The molecule has 1 aliphatic rings. The van der Waals surface area contributed by atoms with E-state index < -0.39 is 110 Å². The summed E-state index contributed by atoms with van der Waals surface area (Å²) in [6, 6.07) is 8.88. The number of nitrogens with one attached hydrogen (secondary N) is 4. The molecule has 10 N–H and O–H groups in total. The zero-order valence-corrected chi connectivity index (χ0v) is 29.3. The molecule has 0 radical (unpaired) electrons. The minimum Gasteiger partial charge on any atom is -0.481 e. The summed E-state index contributed by atoms with van der Waals surface area (Å²) in [6.07, 6.45) is -3.64. The summed E-state index contributed by atoms with van der Waals surface area (Å²) in [5.74, 6) is -8.95. The number of amides is 4. The van der Waals surface area contributed by atoms with Crippen molar-refractivity contribution in [3.05, 3.63) is 59.7 Å². The maximum Gasteiger partial charge on any atom is 0.407 e. The van der Waals surface area contributed by atoms with Gasteiger partial charge >= 0.3 is 30.0 Å². The van der Waals surface area contributed by atoms with Gasteiger partial charge in [-0.25, -0.2) is 9.59 Å². The molecule has 18 nitrogen and oxygen atoms in total.